The monoisotopic (exact) mass is 370 g/mol. The van der Waals surface area contributed by atoms with Gasteiger partial charge in [0.2, 0.25) is 0 Å². The van der Waals surface area contributed by atoms with Gasteiger partial charge in [-0.05, 0) is 36.6 Å². The number of pyridine rings is 1. The van der Waals surface area contributed by atoms with Gasteiger partial charge in [-0.3, -0.25) is 14.6 Å². The number of amides is 1. The van der Waals surface area contributed by atoms with Gasteiger partial charge in [0.1, 0.15) is 5.75 Å². The summed E-state index contributed by atoms with van der Waals surface area (Å²) in [5, 5.41) is 12.2. The zero-order valence-corrected chi connectivity index (χ0v) is 15.1. The second-order valence-electron chi connectivity index (χ2n) is 6.61. The van der Waals surface area contributed by atoms with Gasteiger partial charge in [-0.2, -0.15) is 0 Å². The topological polar surface area (TPSA) is 97.8 Å². The molecule has 1 aromatic carbocycles. The highest BCUT2D eigenvalue weighted by atomic mass is 16.5. The smallest absolute Gasteiger partial charge is 0.305 e. The SMILES string of the molecule is COc1ccc(-c2cncc(C(=O)NC3(CC(=O)O)CCOCC3)c2)cc1. The fourth-order valence-corrected chi connectivity index (χ4v) is 3.22. The van der Waals surface area contributed by atoms with Gasteiger partial charge in [0.15, 0.2) is 0 Å². The molecule has 1 aliphatic heterocycles. The van der Waals surface area contributed by atoms with Crippen molar-refractivity contribution >= 4 is 11.9 Å². The Morgan fingerprint density at radius 1 is 1.19 bits per heavy atom. The molecule has 0 unspecified atom stereocenters. The van der Waals surface area contributed by atoms with Crippen LogP contribution in [0.15, 0.2) is 42.7 Å². The minimum Gasteiger partial charge on any atom is -0.497 e. The van der Waals surface area contributed by atoms with Gasteiger partial charge >= 0.3 is 5.97 Å². The number of ether oxygens (including phenoxy) is 2. The van der Waals surface area contributed by atoms with Crippen LogP contribution < -0.4 is 10.1 Å². The third-order valence-electron chi connectivity index (χ3n) is 4.74. The van der Waals surface area contributed by atoms with Gasteiger partial charge in [-0.15, -0.1) is 0 Å². The Balaban J connectivity index is 1.80. The van der Waals surface area contributed by atoms with Crippen molar-refractivity contribution in [1.29, 1.82) is 0 Å². The number of carboxylic acids is 1. The number of aliphatic carboxylic acids is 1. The molecule has 27 heavy (non-hydrogen) atoms. The highest BCUT2D eigenvalue weighted by Gasteiger charge is 2.36. The van der Waals surface area contributed by atoms with Crippen LogP contribution in [0.1, 0.15) is 29.6 Å². The van der Waals surface area contributed by atoms with E-state index in [1.807, 2.05) is 24.3 Å². The lowest BCUT2D eigenvalue weighted by molar-refractivity contribution is -0.139. The number of hydrogen-bond acceptors (Lipinski definition) is 5. The predicted molar refractivity (Wildman–Crippen MR) is 98.7 cm³/mol. The lowest BCUT2D eigenvalue weighted by atomic mass is 9.86. The second kappa shape index (κ2) is 8.18. The molecular formula is C20H22N2O5. The summed E-state index contributed by atoms with van der Waals surface area (Å²) in [4.78, 5) is 28.2. The summed E-state index contributed by atoms with van der Waals surface area (Å²) >= 11 is 0. The molecule has 1 saturated heterocycles. The number of nitrogens with one attached hydrogen (secondary N) is 1. The summed E-state index contributed by atoms with van der Waals surface area (Å²) < 4.78 is 10.5. The first-order valence-corrected chi connectivity index (χ1v) is 8.73. The molecule has 7 nitrogen and oxygen atoms in total. The van der Waals surface area contributed by atoms with Crippen LogP contribution >= 0.6 is 0 Å². The van der Waals surface area contributed by atoms with Crippen LogP contribution in [-0.2, 0) is 9.53 Å². The lowest BCUT2D eigenvalue weighted by Crippen LogP contribution is -2.53. The maximum absolute atomic E-state index is 12.8. The summed E-state index contributed by atoms with van der Waals surface area (Å²) in [5.74, 6) is -0.529. The van der Waals surface area contributed by atoms with Gasteiger partial charge < -0.3 is 19.9 Å². The maximum atomic E-state index is 12.8. The number of hydrogen-bond donors (Lipinski definition) is 2. The number of methoxy groups -OCH3 is 1. The van der Waals surface area contributed by atoms with E-state index in [-0.39, 0.29) is 12.3 Å². The Morgan fingerprint density at radius 3 is 2.52 bits per heavy atom. The summed E-state index contributed by atoms with van der Waals surface area (Å²) in [6, 6.07) is 9.21. The van der Waals surface area contributed by atoms with Gasteiger partial charge in [-0.1, -0.05) is 12.1 Å². The molecule has 1 aromatic heterocycles. The van der Waals surface area contributed by atoms with E-state index < -0.39 is 11.5 Å². The van der Waals surface area contributed by atoms with Gasteiger partial charge in [-0.25, -0.2) is 0 Å². The van der Waals surface area contributed by atoms with Crippen LogP contribution in [-0.4, -0.2) is 47.8 Å². The van der Waals surface area contributed by atoms with Crippen molar-refractivity contribution in [2.75, 3.05) is 20.3 Å². The molecule has 3 rings (SSSR count). The van der Waals surface area contributed by atoms with Crippen LogP contribution in [0.5, 0.6) is 5.75 Å². The summed E-state index contributed by atoms with van der Waals surface area (Å²) in [5.41, 5.74) is 1.30. The fraction of sp³-hybridized carbons (Fsp3) is 0.350. The van der Waals surface area contributed by atoms with Crippen LogP contribution in [0.2, 0.25) is 0 Å². The van der Waals surface area contributed by atoms with Crippen LogP contribution in [0.25, 0.3) is 11.1 Å². The summed E-state index contributed by atoms with van der Waals surface area (Å²) in [6.45, 7) is 0.857. The minimum atomic E-state index is -0.942. The fourth-order valence-electron chi connectivity index (χ4n) is 3.22. The van der Waals surface area contributed by atoms with Gasteiger partial charge in [0.05, 0.1) is 24.6 Å². The van der Waals surface area contributed by atoms with Crippen molar-refractivity contribution in [2.24, 2.45) is 0 Å². The molecule has 2 N–H and O–H groups in total. The predicted octanol–water partition coefficient (Wildman–Crippen LogP) is 2.51. The molecule has 7 heteroatoms. The molecule has 2 heterocycles. The number of carbonyl (C=O) groups is 2. The molecule has 0 radical (unpaired) electrons. The van der Waals surface area contributed by atoms with Gasteiger partial charge in [0.25, 0.3) is 5.91 Å². The molecule has 1 amide bonds. The average molecular weight is 370 g/mol. The third kappa shape index (κ3) is 4.62. The zero-order chi connectivity index (χ0) is 19.3. The lowest BCUT2D eigenvalue weighted by Gasteiger charge is -2.36. The average Bonchev–Trinajstić information content (AvgIpc) is 2.68. The molecule has 142 valence electrons. The van der Waals surface area contributed by atoms with E-state index in [9.17, 15) is 14.7 Å². The van der Waals surface area contributed by atoms with E-state index >= 15 is 0 Å². The van der Waals surface area contributed by atoms with Crippen LogP contribution in [0.3, 0.4) is 0 Å². The van der Waals surface area contributed by atoms with Crippen molar-refractivity contribution in [3.05, 3.63) is 48.3 Å². The first-order chi connectivity index (χ1) is 13.0. The third-order valence-corrected chi connectivity index (χ3v) is 4.74. The second-order valence-corrected chi connectivity index (χ2v) is 6.61. The normalized spacial score (nSPS) is 15.7. The molecule has 2 aromatic rings. The van der Waals surface area contributed by atoms with Gasteiger partial charge in [0, 0.05) is 31.2 Å². The maximum Gasteiger partial charge on any atom is 0.305 e. The Labute approximate surface area is 157 Å². The van der Waals surface area contributed by atoms with Crippen molar-refractivity contribution in [3.63, 3.8) is 0 Å². The standard InChI is InChI=1S/C20H22N2O5/c1-26-17-4-2-14(3-5-17)15-10-16(13-21-12-15)19(25)22-20(11-18(23)24)6-8-27-9-7-20/h2-5,10,12-13H,6-9,11H2,1H3,(H,22,25)(H,23,24). The number of aromatic nitrogens is 1. The number of carboxylic acid groups (broad SMARTS) is 1. The zero-order valence-electron chi connectivity index (χ0n) is 15.1. The molecule has 0 saturated carbocycles. The van der Waals surface area contributed by atoms with E-state index in [0.29, 0.717) is 31.6 Å². The number of benzene rings is 1. The van der Waals surface area contributed by atoms with E-state index in [1.165, 1.54) is 6.20 Å². The first kappa shape index (κ1) is 18.8. The molecule has 1 aliphatic rings. The van der Waals surface area contributed by atoms with E-state index in [4.69, 9.17) is 9.47 Å². The van der Waals surface area contributed by atoms with Crippen molar-refractivity contribution in [1.82, 2.24) is 10.3 Å². The molecular weight excluding hydrogens is 348 g/mol. The molecule has 0 spiro atoms. The molecule has 1 fully saturated rings. The summed E-state index contributed by atoms with van der Waals surface area (Å²) in [6.07, 6.45) is 3.97. The van der Waals surface area contributed by atoms with Crippen molar-refractivity contribution < 1.29 is 24.2 Å². The number of carbonyl (C=O) groups excluding carboxylic acids is 1. The quantitative estimate of drug-likeness (QED) is 0.811. The molecule has 0 bridgehead atoms. The Morgan fingerprint density at radius 2 is 1.89 bits per heavy atom. The highest BCUT2D eigenvalue weighted by molar-refractivity contribution is 5.95. The van der Waals surface area contributed by atoms with Crippen LogP contribution in [0.4, 0.5) is 0 Å². The first-order valence-electron chi connectivity index (χ1n) is 8.73. The largest absolute Gasteiger partial charge is 0.497 e. The Kier molecular flexibility index (Phi) is 5.71. The Bertz CT molecular complexity index is 813. The van der Waals surface area contributed by atoms with E-state index in [2.05, 4.69) is 10.3 Å². The Hall–Kier alpha value is -2.93. The van der Waals surface area contributed by atoms with Crippen molar-refractivity contribution in [2.45, 2.75) is 24.8 Å². The number of nitrogens with zero attached hydrogens (tertiary/aromatic N) is 1. The van der Waals surface area contributed by atoms with Crippen LogP contribution in [0, 0.1) is 0 Å². The van der Waals surface area contributed by atoms with E-state index in [0.717, 1.165) is 16.9 Å². The summed E-state index contributed by atoms with van der Waals surface area (Å²) in [7, 11) is 1.60. The number of rotatable bonds is 6. The molecule has 0 aliphatic carbocycles. The molecule has 0 atom stereocenters. The minimum absolute atomic E-state index is 0.131. The highest BCUT2D eigenvalue weighted by Crippen LogP contribution is 2.26. The van der Waals surface area contributed by atoms with E-state index in [1.54, 1.807) is 19.4 Å². The van der Waals surface area contributed by atoms with Crippen molar-refractivity contribution in [3.8, 4) is 16.9 Å².